The van der Waals surface area contributed by atoms with Crippen LogP contribution in [0.25, 0.3) is 0 Å². The lowest BCUT2D eigenvalue weighted by molar-refractivity contribution is -0.142. The molecule has 7 heteroatoms. The number of piperidine rings is 1. The maximum Gasteiger partial charge on any atom is 0.244 e. The maximum atomic E-state index is 12.7. The Kier molecular flexibility index (Phi) is 5.58. The molecule has 0 aromatic heterocycles. The molecule has 1 N–H and O–H groups in total. The Bertz CT molecular complexity index is 767. The smallest absolute Gasteiger partial charge is 0.244 e. The molecule has 2 atom stereocenters. The van der Waals surface area contributed by atoms with Crippen molar-refractivity contribution in [2.45, 2.75) is 44.9 Å². The van der Waals surface area contributed by atoms with Gasteiger partial charge in [0.2, 0.25) is 17.7 Å². The highest BCUT2D eigenvalue weighted by atomic mass is 35.5. The zero-order valence-corrected chi connectivity index (χ0v) is 16.7. The van der Waals surface area contributed by atoms with Gasteiger partial charge in [0.05, 0.1) is 23.2 Å². The van der Waals surface area contributed by atoms with Crippen LogP contribution in [0.1, 0.15) is 44.9 Å². The average Bonchev–Trinajstić information content (AvgIpc) is 2.94. The van der Waals surface area contributed by atoms with Crippen molar-refractivity contribution < 1.29 is 14.4 Å². The number of likely N-dealkylation sites (tertiary alicyclic amines) is 1. The molecule has 2 heterocycles. The van der Waals surface area contributed by atoms with Gasteiger partial charge in [-0.3, -0.25) is 19.3 Å². The normalized spacial score (nSPS) is 25.0. The number of hydrogen-bond donors (Lipinski definition) is 1. The fraction of sp³-hybridized carbons (Fsp3) is 0.571. The van der Waals surface area contributed by atoms with Crippen LogP contribution in [0.2, 0.25) is 5.02 Å². The van der Waals surface area contributed by atoms with E-state index < -0.39 is 0 Å². The van der Waals surface area contributed by atoms with Crippen molar-refractivity contribution in [3.63, 3.8) is 0 Å². The van der Waals surface area contributed by atoms with Crippen LogP contribution in [0, 0.1) is 11.8 Å². The minimum Gasteiger partial charge on any atom is -0.370 e. The number of nitrogens with one attached hydrogen (secondary N) is 1. The van der Waals surface area contributed by atoms with Gasteiger partial charge < -0.3 is 10.2 Å². The summed E-state index contributed by atoms with van der Waals surface area (Å²) in [5.41, 5.74) is 1.57. The Morgan fingerprint density at radius 3 is 2.29 bits per heavy atom. The van der Waals surface area contributed by atoms with Gasteiger partial charge in [-0.1, -0.05) is 24.4 Å². The zero-order chi connectivity index (χ0) is 19.7. The van der Waals surface area contributed by atoms with E-state index in [1.165, 1.54) is 6.42 Å². The molecule has 1 aliphatic carbocycles. The molecule has 0 bridgehead atoms. The molecule has 2 saturated heterocycles. The lowest BCUT2D eigenvalue weighted by atomic mass is 9.81. The number of nitrogens with zero attached hydrogens (tertiary/aromatic N) is 2. The van der Waals surface area contributed by atoms with Gasteiger partial charge in [0.1, 0.15) is 6.54 Å². The lowest BCUT2D eigenvalue weighted by Crippen LogP contribution is -2.38. The first-order valence-electron chi connectivity index (χ1n) is 10.2. The van der Waals surface area contributed by atoms with Gasteiger partial charge in [-0.25, -0.2) is 0 Å². The second-order valence-corrected chi connectivity index (χ2v) is 8.45. The van der Waals surface area contributed by atoms with Gasteiger partial charge in [0, 0.05) is 18.1 Å². The highest BCUT2D eigenvalue weighted by molar-refractivity contribution is 6.31. The third-order valence-corrected chi connectivity index (χ3v) is 6.40. The van der Waals surface area contributed by atoms with Gasteiger partial charge in [0.15, 0.2) is 0 Å². The molecular weight excluding hydrogens is 378 g/mol. The number of benzene rings is 1. The van der Waals surface area contributed by atoms with Crippen LogP contribution in [0.15, 0.2) is 18.2 Å². The van der Waals surface area contributed by atoms with Crippen LogP contribution in [0.5, 0.6) is 0 Å². The molecule has 1 saturated carbocycles. The molecule has 0 spiro atoms. The molecule has 4 rings (SSSR count). The van der Waals surface area contributed by atoms with Crippen LogP contribution in [0.4, 0.5) is 11.4 Å². The Balaban J connectivity index is 1.47. The van der Waals surface area contributed by atoms with E-state index in [2.05, 4.69) is 10.2 Å². The van der Waals surface area contributed by atoms with E-state index in [9.17, 15) is 14.4 Å². The molecule has 1 aromatic rings. The van der Waals surface area contributed by atoms with E-state index >= 15 is 0 Å². The van der Waals surface area contributed by atoms with Gasteiger partial charge >= 0.3 is 0 Å². The highest BCUT2D eigenvalue weighted by Gasteiger charge is 2.48. The standard InChI is InChI=1S/C21H26ClN3O3/c22-14-8-9-18(24-10-4-1-5-11-24)17(12-14)23-19(26)13-25-20(27)15-6-2-3-7-16(15)21(25)28/h8-9,12,15-16H,1-7,10-11,13H2,(H,23,26)/t15-,16+. The van der Waals surface area contributed by atoms with Gasteiger partial charge in [-0.05, 0) is 50.3 Å². The van der Waals surface area contributed by atoms with Crippen LogP contribution < -0.4 is 10.2 Å². The minimum atomic E-state index is -0.360. The van der Waals surface area contributed by atoms with Crippen molar-refractivity contribution in [1.82, 2.24) is 4.90 Å². The van der Waals surface area contributed by atoms with Crippen molar-refractivity contribution in [2.24, 2.45) is 11.8 Å². The highest BCUT2D eigenvalue weighted by Crippen LogP contribution is 2.38. The van der Waals surface area contributed by atoms with Crippen molar-refractivity contribution >= 4 is 40.7 Å². The first-order chi connectivity index (χ1) is 13.5. The van der Waals surface area contributed by atoms with Gasteiger partial charge in [0.25, 0.3) is 0 Å². The number of anilines is 2. The van der Waals surface area contributed by atoms with Crippen LogP contribution >= 0.6 is 11.6 Å². The predicted molar refractivity (Wildman–Crippen MR) is 108 cm³/mol. The molecule has 6 nitrogen and oxygen atoms in total. The SMILES string of the molecule is O=C(CN1C(=O)[C@H]2CCCC[C@H]2C1=O)Nc1cc(Cl)ccc1N1CCCCC1. The van der Waals surface area contributed by atoms with E-state index in [4.69, 9.17) is 11.6 Å². The van der Waals surface area contributed by atoms with Gasteiger partial charge in [-0.15, -0.1) is 0 Å². The van der Waals surface area contributed by atoms with E-state index in [1.807, 2.05) is 12.1 Å². The molecule has 0 unspecified atom stereocenters. The van der Waals surface area contributed by atoms with Crippen molar-refractivity contribution in [1.29, 1.82) is 0 Å². The van der Waals surface area contributed by atoms with Crippen LogP contribution in [-0.2, 0) is 14.4 Å². The number of amides is 3. The number of halogens is 1. The second kappa shape index (κ2) is 8.11. The molecule has 3 aliphatic rings. The lowest BCUT2D eigenvalue weighted by Gasteiger charge is -2.30. The third kappa shape index (κ3) is 3.75. The fourth-order valence-electron chi connectivity index (χ4n) is 4.74. The van der Waals surface area contributed by atoms with Gasteiger partial charge in [-0.2, -0.15) is 0 Å². The quantitative estimate of drug-likeness (QED) is 0.782. The van der Waals surface area contributed by atoms with Crippen LogP contribution in [-0.4, -0.2) is 42.3 Å². The minimum absolute atomic E-state index is 0.188. The summed E-state index contributed by atoms with van der Waals surface area (Å²) >= 11 is 6.15. The summed E-state index contributed by atoms with van der Waals surface area (Å²) < 4.78 is 0. The monoisotopic (exact) mass is 403 g/mol. The first-order valence-corrected chi connectivity index (χ1v) is 10.6. The molecule has 3 amide bonds. The Hall–Kier alpha value is -2.08. The average molecular weight is 404 g/mol. The Labute approximate surface area is 170 Å². The van der Waals surface area contributed by atoms with E-state index in [0.29, 0.717) is 10.7 Å². The summed E-state index contributed by atoms with van der Waals surface area (Å²) in [6.07, 6.45) is 6.91. The number of fused-ring (bicyclic) bond motifs is 1. The molecule has 1 aromatic carbocycles. The number of carbonyl (C=O) groups is 3. The first kappa shape index (κ1) is 19.2. The molecule has 0 radical (unpaired) electrons. The molecule has 28 heavy (non-hydrogen) atoms. The molecule has 150 valence electrons. The molecule has 2 aliphatic heterocycles. The van der Waals surface area contributed by atoms with Crippen molar-refractivity contribution in [2.75, 3.05) is 29.9 Å². The number of carbonyl (C=O) groups excluding carboxylic acids is 3. The number of imide groups is 1. The summed E-state index contributed by atoms with van der Waals surface area (Å²) in [5.74, 6) is -1.20. The largest absolute Gasteiger partial charge is 0.370 e. The Morgan fingerprint density at radius 2 is 1.64 bits per heavy atom. The fourth-order valence-corrected chi connectivity index (χ4v) is 4.91. The topological polar surface area (TPSA) is 69.7 Å². The summed E-state index contributed by atoms with van der Waals surface area (Å²) in [6.45, 7) is 1.66. The number of rotatable bonds is 4. The van der Waals surface area contributed by atoms with E-state index in [0.717, 1.165) is 62.2 Å². The maximum absolute atomic E-state index is 12.7. The summed E-state index contributed by atoms with van der Waals surface area (Å²) in [7, 11) is 0. The zero-order valence-electron chi connectivity index (χ0n) is 16.0. The van der Waals surface area contributed by atoms with E-state index in [1.54, 1.807) is 6.07 Å². The Morgan fingerprint density at radius 1 is 1.00 bits per heavy atom. The van der Waals surface area contributed by atoms with Crippen molar-refractivity contribution in [3.8, 4) is 0 Å². The summed E-state index contributed by atoms with van der Waals surface area (Å²) in [5, 5.41) is 3.42. The molecule has 3 fully saturated rings. The predicted octanol–water partition coefficient (Wildman–Crippen LogP) is 3.44. The third-order valence-electron chi connectivity index (χ3n) is 6.16. The summed E-state index contributed by atoms with van der Waals surface area (Å²) in [6, 6.07) is 5.47. The second-order valence-electron chi connectivity index (χ2n) is 8.02. The molecular formula is C21H26ClN3O3. The van der Waals surface area contributed by atoms with Crippen LogP contribution in [0.3, 0.4) is 0 Å². The van der Waals surface area contributed by atoms with E-state index in [-0.39, 0.29) is 36.1 Å². The summed E-state index contributed by atoms with van der Waals surface area (Å²) in [4.78, 5) is 41.3. The number of hydrogen-bond acceptors (Lipinski definition) is 4. The van der Waals surface area contributed by atoms with Crippen molar-refractivity contribution in [3.05, 3.63) is 23.2 Å².